The standard InChI is InChI=1S/C34H38N8O.C33H34N6O2/c1-22(2)37-30(43)21-40-14-16-41(17-15-40)27-18-26(19-27)34-39-31(32-33(35)36-12-13-42(32)34)25-9-8-24-10-11-28(38-29(24)20-25)23-6-4-3-5-7-23;1-2-41-33(40)23-12-15-38(16-13-23)26-18-25(19-26)32-37-29(30-31(34)35-14-17-39(30)32)24-9-8-22-10-11-27(36-28(22)20-24)21-6-4-3-5-7-21/h3-13,20,22,26-27H,14-19,21H2,1-2H3,(H2,35,36)(H,37,43);3-11,14,17,20,23,25-26H,2,12-13,15-16,18-19H2,1H3,(H2,34,35). The summed E-state index contributed by atoms with van der Waals surface area (Å²) in [4.78, 5) is 60.9. The topological polar surface area (TPSA) is 203 Å². The zero-order valence-corrected chi connectivity index (χ0v) is 48.0. The van der Waals surface area contributed by atoms with E-state index in [-0.39, 0.29) is 23.8 Å². The minimum atomic E-state index is -0.0404. The lowest BCUT2D eigenvalue weighted by Gasteiger charge is -2.46. The highest BCUT2D eigenvalue weighted by Crippen LogP contribution is 2.45. The fraction of sp³-hybridized carbons (Fsp3) is 0.343. The zero-order chi connectivity index (χ0) is 57.4. The molecule has 0 unspecified atom stereocenters. The molecule has 2 saturated heterocycles. The molecular formula is C67H72N14O3. The van der Waals surface area contributed by atoms with Gasteiger partial charge in [0.1, 0.15) is 45.7 Å². The molecule has 10 aromatic rings. The van der Waals surface area contributed by atoms with Crippen LogP contribution in [0.5, 0.6) is 0 Å². The van der Waals surface area contributed by atoms with Crippen LogP contribution in [0.25, 0.3) is 77.9 Å². The maximum atomic E-state index is 12.2. The minimum absolute atomic E-state index is 0.0385. The lowest BCUT2D eigenvalue weighted by atomic mass is 9.77. The lowest BCUT2D eigenvalue weighted by molar-refractivity contribution is -0.150. The van der Waals surface area contributed by atoms with Crippen LogP contribution in [-0.4, -0.2) is 136 Å². The first-order valence-electron chi connectivity index (χ1n) is 29.9. The molecule has 8 heterocycles. The van der Waals surface area contributed by atoms with Gasteiger partial charge in [-0.2, -0.15) is 0 Å². The summed E-state index contributed by atoms with van der Waals surface area (Å²) in [5.74, 6) is 3.85. The van der Waals surface area contributed by atoms with E-state index in [4.69, 9.17) is 36.1 Å². The van der Waals surface area contributed by atoms with Gasteiger partial charge in [-0.05, 0) is 96.7 Å². The normalized spacial score (nSPS) is 19.7. The number of carbonyl (C=O) groups is 2. The number of likely N-dealkylation sites (tertiary alicyclic amines) is 1. The van der Waals surface area contributed by atoms with E-state index in [9.17, 15) is 9.59 Å². The fourth-order valence-corrected chi connectivity index (χ4v) is 13.0. The molecule has 4 aliphatic rings. The summed E-state index contributed by atoms with van der Waals surface area (Å²) >= 11 is 0. The molecule has 17 heteroatoms. The first kappa shape index (κ1) is 54.6. The van der Waals surface area contributed by atoms with E-state index in [0.29, 0.717) is 48.7 Å². The van der Waals surface area contributed by atoms with Crippen LogP contribution in [-0.2, 0) is 14.3 Å². The Labute approximate surface area is 489 Å². The molecule has 17 nitrogen and oxygen atoms in total. The molecule has 0 radical (unpaired) electrons. The number of nitrogens with zero attached hydrogens (tertiary/aromatic N) is 11. The molecule has 1 amide bonds. The van der Waals surface area contributed by atoms with Crippen molar-refractivity contribution >= 4 is 56.4 Å². The number of carbonyl (C=O) groups excluding carboxylic acids is 2. The number of amides is 1. The van der Waals surface area contributed by atoms with Gasteiger partial charge < -0.3 is 26.4 Å². The highest BCUT2D eigenvalue weighted by molar-refractivity contribution is 5.93. The molecule has 0 atom stereocenters. The Morgan fingerprint density at radius 2 is 1.05 bits per heavy atom. The van der Waals surface area contributed by atoms with Gasteiger partial charge in [0.25, 0.3) is 0 Å². The number of nitrogen functional groups attached to an aromatic ring is 2. The van der Waals surface area contributed by atoms with Crippen LogP contribution in [0.4, 0.5) is 11.6 Å². The van der Waals surface area contributed by atoms with E-state index in [1.54, 1.807) is 12.4 Å². The second kappa shape index (κ2) is 23.5. The molecule has 6 aromatic heterocycles. The number of nitrogens with one attached hydrogen (secondary N) is 1. The summed E-state index contributed by atoms with van der Waals surface area (Å²) in [5.41, 5.74) is 24.2. The van der Waals surface area contributed by atoms with Crippen LogP contribution in [0.15, 0.2) is 146 Å². The van der Waals surface area contributed by atoms with E-state index in [1.807, 2.05) is 69.6 Å². The molecule has 0 bridgehead atoms. The Hall–Kier alpha value is -8.64. The second-order valence-electron chi connectivity index (χ2n) is 23.4. The summed E-state index contributed by atoms with van der Waals surface area (Å²) < 4.78 is 9.51. The van der Waals surface area contributed by atoms with E-state index in [2.05, 4.69) is 124 Å². The van der Waals surface area contributed by atoms with Crippen molar-refractivity contribution in [3.63, 3.8) is 0 Å². The zero-order valence-electron chi connectivity index (χ0n) is 48.0. The number of rotatable bonds is 13. The van der Waals surface area contributed by atoms with Crippen LogP contribution in [0.1, 0.15) is 82.8 Å². The maximum Gasteiger partial charge on any atom is 0.309 e. The van der Waals surface area contributed by atoms with E-state index >= 15 is 0 Å². The average molecular weight is 1120 g/mol. The smallest absolute Gasteiger partial charge is 0.309 e. The first-order valence-corrected chi connectivity index (χ1v) is 29.9. The van der Waals surface area contributed by atoms with E-state index in [0.717, 1.165) is 167 Å². The number of pyridine rings is 2. The van der Waals surface area contributed by atoms with Crippen molar-refractivity contribution in [2.24, 2.45) is 5.92 Å². The Morgan fingerprint density at radius 1 is 0.583 bits per heavy atom. The van der Waals surface area contributed by atoms with Crippen molar-refractivity contribution < 1.29 is 14.3 Å². The summed E-state index contributed by atoms with van der Waals surface area (Å²) in [6.45, 7) is 12.5. The fourth-order valence-electron chi connectivity index (χ4n) is 13.0. The average Bonchev–Trinajstić information content (AvgIpc) is 2.20. The van der Waals surface area contributed by atoms with Crippen molar-refractivity contribution in [1.82, 2.24) is 58.7 Å². The molecular weight excluding hydrogens is 1050 g/mol. The number of aromatic nitrogens is 8. The molecule has 4 fully saturated rings. The van der Waals surface area contributed by atoms with Gasteiger partial charge in [-0.3, -0.25) is 28.2 Å². The Morgan fingerprint density at radius 3 is 1.51 bits per heavy atom. The van der Waals surface area contributed by atoms with Gasteiger partial charge in [-0.25, -0.2) is 29.9 Å². The lowest BCUT2D eigenvalue weighted by Crippen LogP contribution is -2.55. The van der Waals surface area contributed by atoms with Gasteiger partial charge in [0.2, 0.25) is 5.91 Å². The number of piperazine rings is 1. The number of nitrogens with two attached hydrogens (primary N) is 2. The van der Waals surface area contributed by atoms with Gasteiger partial charge in [-0.15, -0.1) is 0 Å². The van der Waals surface area contributed by atoms with Gasteiger partial charge in [0, 0.05) is 114 Å². The predicted molar refractivity (Wildman–Crippen MR) is 331 cm³/mol. The molecule has 4 aromatic carbocycles. The van der Waals surface area contributed by atoms with Crippen molar-refractivity contribution in [1.29, 1.82) is 0 Å². The molecule has 0 spiro atoms. The molecule has 2 aliphatic heterocycles. The van der Waals surface area contributed by atoms with Gasteiger partial charge in [0.05, 0.1) is 41.5 Å². The highest BCUT2D eigenvalue weighted by Gasteiger charge is 2.41. The Bertz CT molecular complexity index is 4010. The number of ether oxygens (including phenoxy) is 1. The molecule has 14 rings (SSSR count). The number of hydrogen-bond acceptors (Lipinski definition) is 14. The Kier molecular flexibility index (Phi) is 15.3. The number of fused-ring (bicyclic) bond motifs is 4. The van der Waals surface area contributed by atoms with E-state index in [1.165, 1.54) is 0 Å². The second-order valence-corrected chi connectivity index (χ2v) is 23.4. The monoisotopic (exact) mass is 1120 g/mol. The summed E-state index contributed by atoms with van der Waals surface area (Å²) in [7, 11) is 0. The summed E-state index contributed by atoms with van der Waals surface area (Å²) in [6, 6.07) is 42.7. The minimum Gasteiger partial charge on any atom is -0.466 e. The van der Waals surface area contributed by atoms with Gasteiger partial charge in [-0.1, -0.05) is 97.1 Å². The number of hydrogen-bond donors (Lipinski definition) is 3. The quantitative estimate of drug-likeness (QED) is 0.0920. The SMILES string of the molecule is CC(C)NC(=O)CN1CCN(C2CC(c3nc(-c4ccc5ccc(-c6ccccc6)nc5c4)c4c(N)nccn34)C2)CC1.CCOC(=O)C1CCN(C2CC(c3nc(-c4ccc5ccc(-c6ccccc6)nc5c4)c4c(N)nccn34)C2)CC1. The van der Waals surface area contributed by atoms with Crippen LogP contribution in [0.3, 0.4) is 0 Å². The molecule has 2 aliphatic carbocycles. The molecule has 428 valence electrons. The van der Waals surface area contributed by atoms with Crippen LogP contribution >= 0.6 is 0 Å². The van der Waals surface area contributed by atoms with Gasteiger partial charge >= 0.3 is 5.97 Å². The maximum absolute atomic E-state index is 12.2. The number of anilines is 2. The van der Waals surface area contributed by atoms with Crippen molar-refractivity contribution in [2.45, 2.75) is 89.3 Å². The number of benzene rings is 4. The number of piperidine rings is 1. The highest BCUT2D eigenvalue weighted by atomic mass is 16.5. The first-order chi connectivity index (χ1) is 41.0. The Balaban J connectivity index is 0.000000157. The van der Waals surface area contributed by atoms with Gasteiger partial charge in [0.15, 0.2) is 0 Å². The molecule has 84 heavy (non-hydrogen) atoms. The summed E-state index contributed by atoms with van der Waals surface area (Å²) in [5, 5.41) is 5.16. The van der Waals surface area contributed by atoms with Crippen LogP contribution in [0.2, 0.25) is 0 Å². The third kappa shape index (κ3) is 11.1. The summed E-state index contributed by atoms with van der Waals surface area (Å²) in [6.07, 6.45) is 13.4. The third-order valence-electron chi connectivity index (χ3n) is 17.7. The van der Waals surface area contributed by atoms with Crippen molar-refractivity contribution in [3.8, 4) is 45.0 Å². The molecule has 2 saturated carbocycles. The predicted octanol–water partition coefficient (Wildman–Crippen LogP) is 10.3. The van der Waals surface area contributed by atoms with Crippen molar-refractivity contribution in [3.05, 3.63) is 158 Å². The van der Waals surface area contributed by atoms with Crippen LogP contribution in [0, 0.1) is 5.92 Å². The van der Waals surface area contributed by atoms with Crippen LogP contribution < -0.4 is 16.8 Å². The van der Waals surface area contributed by atoms with E-state index < -0.39 is 0 Å². The molecule has 5 N–H and O–H groups in total. The number of imidazole rings is 2. The number of esters is 1. The van der Waals surface area contributed by atoms with Crippen molar-refractivity contribution in [2.75, 3.05) is 63.9 Å². The third-order valence-corrected chi connectivity index (χ3v) is 17.7. The largest absolute Gasteiger partial charge is 0.466 e.